The summed E-state index contributed by atoms with van der Waals surface area (Å²) in [5.41, 5.74) is 8.24. The summed E-state index contributed by atoms with van der Waals surface area (Å²) in [7, 11) is -0.257. The van der Waals surface area contributed by atoms with Gasteiger partial charge in [-0.25, -0.2) is 0 Å². The third kappa shape index (κ3) is 7.06. The summed E-state index contributed by atoms with van der Waals surface area (Å²) >= 11 is 0. The minimum absolute atomic E-state index is 0. The Balaban J connectivity index is 0.000000245. The van der Waals surface area contributed by atoms with E-state index in [-0.39, 0.29) is 41.7 Å². The summed E-state index contributed by atoms with van der Waals surface area (Å²) in [5.74, 6) is 0. The number of hydrogen-bond donors (Lipinski definition) is 0. The zero-order valence-electron chi connectivity index (χ0n) is 21.0. The minimum Gasteiger partial charge on any atom is -0.527 e. The fourth-order valence-corrected chi connectivity index (χ4v) is 5.96. The van der Waals surface area contributed by atoms with E-state index in [9.17, 15) is 0 Å². The first kappa shape index (κ1) is 28.6. The van der Waals surface area contributed by atoms with Crippen molar-refractivity contribution in [3.8, 4) is 0 Å². The van der Waals surface area contributed by atoms with Gasteiger partial charge in [0.1, 0.15) is 0 Å². The molecule has 0 unspecified atom stereocenters. The monoisotopic (exact) mass is 606 g/mol. The summed E-state index contributed by atoms with van der Waals surface area (Å²) in [5, 5.41) is 5.64. The average Bonchev–Trinajstić information content (AvgIpc) is 3.43. The van der Waals surface area contributed by atoms with E-state index in [0.29, 0.717) is 0 Å². The van der Waals surface area contributed by atoms with Crippen molar-refractivity contribution >= 4 is 36.1 Å². The summed E-state index contributed by atoms with van der Waals surface area (Å²) in [6.07, 6.45) is 8.45. The SMILES string of the molecule is Cc1cc2c(C)ccc(C)c2[cH-]1.Cc1cc2c(C)ccc(C)c2[cH-]1.[CH-]=[Si]1CCCC1.[CH3-].[Hf+4]. The van der Waals surface area contributed by atoms with Crippen LogP contribution in [0.15, 0.2) is 48.5 Å². The maximum Gasteiger partial charge on any atom is 4.00 e. The molecule has 166 valence electrons. The molecule has 5 rings (SSSR count). The van der Waals surface area contributed by atoms with E-state index < -0.39 is 0 Å². The first-order valence-electron chi connectivity index (χ1n) is 11.1. The molecule has 0 nitrogen and oxygen atoms in total. The Labute approximate surface area is 216 Å². The van der Waals surface area contributed by atoms with Crippen molar-refractivity contribution in [2.45, 2.75) is 66.5 Å². The Morgan fingerprint density at radius 1 is 0.656 bits per heavy atom. The zero-order chi connectivity index (χ0) is 21.8. The van der Waals surface area contributed by atoms with E-state index in [1.807, 2.05) is 0 Å². The maximum atomic E-state index is 5.64. The Morgan fingerprint density at radius 3 is 1.28 bits per heavy atom. The first-order chi connectivity index (χ1) is 14.3. The zero-order valence-corrected chi connectivity index (χ0v) is 25.6. The second-order valence-electron chi connectivity index (χ2n) is 8.98. The third-order valence-electron chi connectivity index (χ3n) is 6.18. The topological polar surface area (TPSA) is 0 Å². The van der Waals surface area contributed by atoms with Gasteiger partial charge in [-0.1, -0.05) is 75.9 Å². The van der Waals surface area contributed by atoms with Crippen molar-refractivity contribution < 1.29 is 25.8 Å². The second kappa shape index (κ2) is 12.7. The third-order valence-corrected chi connectivity index (χ3v) is 8.17. The number of rotatable bonds is 0. The molecule has 1 aliphatic rings. The van der Waals surface area contributed by atoms with Crippen LogP contribution in [0.25, 0.3) is 21.5 Å². The molecule has 1 aliphatic heterocycles. The predicted octanol–water partition coefficient (Wildman–Crippen LogP) is 8.58. The van der Waals surface area contributed by atoms with Gasteiger partial charge in [-0.15, -0.1) is 68.1 Å². The van der Waals surface area contributed by atoms with Crippen LogP contribution in [0.5, 0.6) is 0 Å². The van der Waals surface area contributed by atoms with E-state index in [4.69, 9.17) is 6.17 Å². The Morgan fingerprint density at radius 2 is 1.00 bits per heavy atom. The van der Waals surface area contributed by atoms with Crippen LogP contribution < -0.4 is 0 Å². The van der Waals surface area contributed by atoms with E-state index in [1.54, 1.807) is 0 Å². The largest absolute Gasteiger partial charge is 4.00 e. The summed E-state index contributed by atoms with van der Waals surface area (Å²) < 4.78 is 0. The van der Waals surface area contributed by atoms with Crippen molar-refractivity contribution in [2.75, 3.05) is 0 Å². The van der Waals surface area contributed by atoms with Crippen molar-refractivity contribution in [1.29, 1.82) is 0 Å². The molecule has 0 radical (unpaired) electrons. The molecule has 0 atom stereocenters. The fourth-order valence-electron chi connectivity index (χ4n) is 4.30. The van der Waals surface area contributed by atoms with Crippen LogP contribution in [-0.4, -0.2) is 14.6 Å². The van der Waals surface area contributed by atoms with E-state index in [2.05, 4.69) is 90.1 Å². The van der Waals surface area contributed by atoms with E-state index >= 15 is 0 Å². The summed E-state index contributed by atoms with van der Waals surface area (Å²) in [6, 6.07) is 20.5. The van der Waals surface area contributed by atoms with Gasteiger partial charge in [-0.3, -0.25) is 0 Å². The van der Waals surface area contributed by atoms with Crippen molar-refractivity contribution in [3.05, 3.63) is 89.3 Å². The van der Waals surface area contributed by atoms with Gasteiger partial charge in [0.2, 0.25) is 0 Å². The Kier molecular flexibility index (Phi) is 11.4. The Hall–Kier alpha value is -1.38. The maximum absolute atomic E-state index is 5.64. The van der Waals surface area contributed by atoms with Gasteiger partial charge in [0.15, 0.2) is 0 Å². The van der Waals surface area contributed by atoms with Crippen LogP contribution in [0.4, 0.5) is 0 Å². The molecular formula is C30H38HfSi. The summed E-state index contributed by atoms with van der Waals surface area (Å²) in [6.45, 7) is 13.0. The van der Waals surface area contributed by atoms with Gasteiger partial charge in [0.05, 0.1) is 0 Å². The molecule has 2 heteroatoms. The van der Waals surface area contributed by atoms with Crippen LogP contribution in [0.1, 0.15) is 46.2 Å². The molecule has 1 heterocycles. The smallest absolute Gasteiger partial charge is 0.527 e. The van der Waals surface area contributed by atoms with Crippen LogP contribution in [-0.2, 0) is 25.8 Å². The molecule has 1 fully saturated rings. The molecular weight excluding hydrogens is 567 g/mol. The standard InChI is InChI=1S/2C12H13.C5H9Si.CH3.Hf/c2*1-8-6-11-9(2)4-5-10(3)12(11)7-8;1-6-4-2-3-5-6;;/h2*4-7H,1-3H3;1H,2-5H2;1H3;/q4*-1;+4. The van der Waals surface area contributed by atoms with Crippen LogP contribution in [0, 0.1) is 49.0 Å². The molecule has 4 aromatic rings. The first-order valence-corrected chi connectivity index (χ1v) is 13.1. The van der Waals surface area contributed by atoms with Crippen LogP contribution in [0.3, 0.4) is 0 Å². The molecule has 0 amide bonds. The molecule has 0 aromatic heterocycles. The number of hydrogen-bond acceptors (Lipinski definition) is 0. The van der Waals surface area contributed by atoms with E-state index in [0.717, 1.165) is 0 Å². The summed E-state index contributed by atoms with van der Waals surface area (Å²) in [4.78, 5) is 0. The second-order valence-corrected chi connectivity index (χ2v) is 11.3. The molecule has 0 bridgehead atoms. The van der Waals surface area contributed by atoms with Crippen molar-refractivity contribution in [1.82, 2.24) is 0 Å². The Bertz CT molecular complexity index is 1000. The van der Waals surface area contributed by atoms with Gasteiger partial charge in [-0.05, 0) is 13.8 Å². The number of aryl methyl sites for hydroxylation is 6. The van der Waals surface area contributed by atoms with Gasteiger partial charge < -0.3 is 13.6 Å². The quantitative estimate of drug-likeness (QED) is 0.139. The van der Waals surface area contributed by atoms with Gasteiger partial charge in [0.25, 0.3) is 0 Å². The molecule has 0 N–H and O–H groups in total. The van der Waals surface area contributed by atoms with Gasteiger partial charge in [-0.2, -0.15) is 20.5 Å². The fraction of sp³-hybridized carbons (Fsp3) is 0.333. The number of benzene rings is 2. The minimum atomic E-state index is -0.257. The van der Waals surface area contributed by atoms with E-state index in [1.165, 1.54) is 79.9 Å². The van der Waals surface area contributed by atoms with Gasteiger partial charge >= 0.3 is 25.8 Å². The van der Waals surface area contributed by atoms with Crippen LogP contribution >= 0.6 is 0 Å². The van der Waals surface area contributed by atoms with Crippen molar-refractivity contribution in [3.63, 3.8) is 0 Å². The molecule has 1 saturated heterocycles. The molecule has 0 saturated carbocycles. The molecule has 0 spiro atoms. The normalized spacial score (nSPS) is 12.4. The van der Waals surface area contributed by atoms with Gasteiger partial charge in [0, 0.05) is 0 Å². The van der Waals surface area contributed by atoms with Crippen LogP contribution in [0.2, 0.25) is 12.1 Å². The average molecular weight is 605 g/mol. The predicted molar refractivity (Wildman–Crippen MR) is 145 cm³/mol. The van der Waals surface area contributed by atoms with Crippen molar-refractivity contribution in [2.24, 2.45) is 0 Å². The molecule has 0 aliphatic carbocycles. The number of fused-ring (bicyclic) bond motifs is 2. The molecule has 4 aromatic carbocycles. The molecule has 32 heavy (non-hydrogen) atoms.